The van der Waals surface area contributed by atoms with Gasteiger partial charge in [-0.25, -0.2) is 0 Å². The molecule has 0 aliphatic rings. The molecule has 3 aromatic rings. The standard InChI is InChI=1S/C21H24N2O2/c1-15(19-12-23-20-10-6-5-9-18(19)20)21(22,14-25)17(13-24)11-16-7-3-2-4-8-16/h2-10,12,14-15,17,23-24H,11,13,22H2,1H3. The Hall–Kier alpha value is -2.43. The molecule has 0 aliphatic heterocycles. The van der Waals surface area contributed by atoms with Crippen LogP contribution in [0.2, 0.25) is 0 Å². The van der Waals surface area contributed by atoms with Gasteiger partial charge in [-0.15, -0.1) is 0 Å². The summed E-state index contributed by atoms with van der Waals surface area (Å²) in [6.07, 6.45) is 3.28. The number of fused-ring (bicyclic) bond motifs is 1. The minimum absolute atomic E-state index is 0.142. The highest BCUT2D eigenvalue weighted by atomic mass is 16.3. The molecule has 4 N–H and O–H groups in total. The van der Waals surface area contributed by atoms with Crippen molar-refractivity contribution in [1.29, 1.82) is 0 Å². The number of H-pyrrole nitrogens is 1. The molecule has 3 unspecified atom stereocenters. The molecule has 4 nitrogen and oxygen atoms in total. The van der Waals surface area contributed by atoms with Crippen LogP contribution in [-0.2, 0) is 11.2 Å². The molecule has 0 aliphatic carbocycles. The molecule has 1 aromatic heterocycles. The molecule has 25 heavy (non-hydrogen) atoms. The number of aliphatic hydroxyl groups is 1. The Morgan fingerprint density at radius 3 is 2.52 bits per heavy atom. The second kappa shape index (κ2) is 7.21. The maximum Gasteiger partial charge on any atom is 0.140 e. The van der Waals surface area contributed by atoms with Crippen LogP contribution in [0.25, 0.3) is 10.9 Å². The number of carbonyl (C=O) groups is 1. The van der Waals surface area contributed by atoms with Gasteiger partial charge in [-0.1, -0.05) is 55.5 Å². The smallest absolute Gasteiger partial charge is 0.140 e. The monoisotopic (exact) mass is 336 g/mol. The second-order valence-electron chi connectivity index (χ2n) is 6.70. The van der Waals surface area contributed by atoms with Crippen LogP contribution >= 0.6 is 0 Å². The molecule has 0 bridgehead atoms. The van der Waals surface area contributed by atoms with Gasteiger partial charge in [-0.3, -0.25) is 0 Å². The highest BCUT2D eigenvalue weighted by Crippen LogP contribution is 2.36. The third kappa shape index (κ3) is 3.23. The predicted octanol–water partition coefficient (Wildman–Crippen LogP) is 3.02. The van der Waals surface area contributed by atoms with Gasteiger partial charge in [0.25, 0.3) is 0 Å². The molecule has 1 heterocycles. The number of rotatable bonds is 7. The zero-order valence-electron chi connectivity index (χ0n) is 14.4. The quantitative estimate of drug-likeness (QED) is 0.580. The zero-order valence-corrected chi connectivity index (χ0v) is 14.4. The molecule has 130 valence electrons. The number of benzene rings is 2. The number of hydrogen-bond donors (Lipinski definition) is 3. The van der Waals surface area contributed by atoms with E-state index in [1.807, 2.05) is 67.7 Å². The van der Waals surface area contributed by atoms with Crippen molar-refractivity contribution in [2.75, 3.05) is 6.61 Å². The first-order valence-corrected chi connectivity index (χ1v) is 8.56. The lowest BCUT2D eigenvalue weighted by Crippen LogP contribution is -2.55. The Kier molecular flexibility index (Phi) is 5.02. The largest absolute Gasteiger partial charge is 0.396 e. The molecule has 0 fully saturated rings. The second-order valence-corrected chi connectivity index (χ2v) is 6.70. The van der Waals surface area contributed by atoms with E-state index in [0.717, 1.165) is 28.3 Å². The Balaban J connectivity index is 1.96. The summed E-state index contributed by atoms with van der Waals surface area (Å²) in [5.74, 6) is -0.599. The topological polar surface area (TPSA) is 79.1 Å². The zero-order chi connectivity index (χ0) is 17.9. The number of nitrogens with two attached hydrogens (primary N) is 1. The summed E-state index contributed by atoms with van der Waals surface area (Å²) in [6, 6.07) is 17.8. The van der Waals surface area contributed by atoms with E-state index < -0.39 is 5.54 Å². The highest BCUT2D eigenvalue weighted by Gasteiger charge is 2.41. The third-order valence-corrected chi connectivity index (χ3v) is 5.29. The van der Waals surface area contributed by atoms with Crippen LogP contribution in [-0.4, -0.2) is 28.5 Å². The molecule has 0 amide bonds. The van der Waals surface area contributed by atoms with E-state index in [1.54, 1.807) is 0 Å². The Bertz CT molecular complexity index is 843. The van der Waals surface area contributed by atoms with Gasteiger partial charge in [0.1, 0.15) is 6.29 Å². The normalized spacial score (nSPS) is 16.3. The number of aldehydes is 1. The van der Waals surface area contributed by atoms with E-state index in [4.69, 9.17) is 5.73 Å². The molecule has 3 rings (SSSR count). The first-order valence-electron chi connectivity index (χ1n) is 8.56. The van der Waals surface area contributed by atoms with Crippen LogP contribution in [0.4, 0.5) is 0 Å². The average molecular weight is 336 g/mol. The fourth-order valence-electron chi connectivity index (χ4n) is 3.57. The van der Waals surface area contributed by atoms with Crippen LogP contribution in [0, 0.1) is 5.92 Å². The van der Waals surface area contributed by atoms with Gasteiger partial charge in [0.05, 0.1) is 5.54 Å². The molecular weight excluding hydrogens is 312 g/mol. The molecule has 4 heteroatoms. The average Bonchev–Trinajstić information content (AvgIpc) is 3.09. The molecule has 0 saturated carbocycles. The summed E-state index contributed by atoms with van der Waals surface area (Å²) < 4.78 is 0. The lowest BCUT2D eigenvalue weighted by Gasteiger charge is -2.37. The number of para-hydroxylation sites is 1. The lowest BCUT2D eigenvalue weighted by atomic mass is 9.71. The number of aromatic nitrogens is 1. The summed E-state index contributed by atoms with van der Waals surface area (Å²) in [5, 5.41) is 11.0. The maximum absolute atomic E-state index is 12.0. The van der Waals surface area contributed by atoms with Gasteiger partial charge in [-0.2, -0.15) is 0 Å². The maximum atomic E-state index is 12.0. The number of nitrogens with one attached hydrogen (secondary N) is 1. The van der Waals surface area contributed by atoms with Crippen molar-refractivity contribution in [1.82, 2.24) is 4.98 Å². The lowest BCUT2D eigenvalue weighted by molar-refractivity contribution is -0.115. The van der Waals surface area contributed by atoms with Crippen LogP contribution in [0.5, 0.6) is 0 Å². The van der Waals surface area contributed by atoms with E-state index >= 15 is 0 Å². The SMILES string of the molecule is CC(c1c[nH]c2ccccc12)C(N)(C=O)C(CO)Cc1ccccc1. The van der Waals surface area contributed by atoms with Crippen molar-refractivity contribution in [3.63, 3.8) is 0 Å². The van der Waals surface area contributed by atoms with E-state index in [0.29, 0.717) is 6.42 Å². The minimum atomic E-state index is -1.16. The van der Waals surface area contributed by atoms with Crippen molar-refractivity contribution in [3.8, 4) is 0 Å². The number of aromatic amines is 1. The number of hydrogen-bond acceptors (Lipinski definition) is 3. The van der Waals surface area contributed by atoms with Crippen molar-refractivity contribution >= 4 is 17.2 Å². The van der Waals surface area contributed by atoms with Crippen LogP contribution < -0.4 is 5.73 Å². The first-order chi connectivity index (χ1) is 12.1. The third-order valence-electron chi connectivity index (χ3n) is 5.29. The van der Waals surface area contributed by atoms with Gasteiger partial charge in [-0.05, 0) is 23.6 Å². The van der Waals surface area contributed by atoms with E-state index in [2.05, 4.69) is 4.98 Å². The van der Waals surface area contributed by atoms with Gasteiger partial charge < -0.3 is 20.6 Å². The number of aliphatic hydroxyl groups excluding tert-OH is 1. The van der Waals surface area contributed by atoms with Crippen molar-refractivity contribution < 1.29 is 9.90 Å². The Morgan fingerprint density at radius 2 is 1.84 bits per heavy atom. The van der Waals surface area contributed by atoms with E-state index in [1.165, 1.54) is 0 Å². The summed E-state index contributed by atoms with van der Waals surface area (Å²) in [5.41, 5.74) is 8.50. The first kappa shape index (κ1) is 17.4. The van der Waals surface area contributed by atoms with E-state index in [-0.39, 0.29) is 18.4 Å². The summed E-state index contributed by atoms with van der Waals surface area (Å²) in [6.45, 7) is 1.81. The van der Waals surface area contributed by atoms with E-state index in [9.17, 15) is 9.90 Å². The Labute approximate surface area is 147 Å². The van der Waals surface area contributed by atoms with Gasteiger partial charge >= 0.3 is 0 Å². The van der Waals surface area contributed by atoms with Gasteiger partial charge in [0.2, 0.25) is 0 Å². The predicted molar refractivity (Wildman–Crippen MR) is 100 cm³/mol. The summed E-state index contributed by atoms with van der Waals surface area (Å²) in [4.78, 5) is 15.3. The van der Waals surface area contributed by atoms with Gasteiger partial charge in [0, 0.05) is 35.5 Å². The summed E-state index contributed by atoms with van der Waals surface area (Å²) >= 11 is 0. The highest BCUT2D eigenvalue weighted by molar-refractivity contribution is 5.84. The molecule has 0 saturated heterocycles. The Morgan fingerprint density at radius 1 is 1.16 bits per heavy atom. The summed E-state index contributed by atoms with van der Waals surface area (Å²) in [7, 11) is 0. The van der Waals surface area contributed by atoms with Crippen LogP contribution in [0.3, 0.4) is 0 Å². The number of carbonyl (C=O) groups excluding carboxylic acids is 1. The minimum Gasteiger partial charge on any atom is -0.396 e. The molecule has 0 radical (unpaired) electrons. The molecule has 0 spiro atoms. The fraction of sp³-hybridized carbons (Fsp3) is 0.286. The van der Waals surface area contributed by atoms with Crippen molar-refractivity contribution in [2.24, 2.45) is 11.7 Å². The van der Waals surface area contributed by atoms with Gasteiger partial charge in [0.15, 0.2) is 0 Å². The molecule has 2 aromatic carbocycles. The van der Waals surface area contributed by atoms with Crippen molar-refractivity contribution in [2.45, 2.75) is 24.8 Å². The molecule has 3 atom stereocenters. The van der Waals surface area contributed by atoms with Crippen LogP contribution in [0.15, 0.2) is 60.8 Å². The fourth-order valence-corrected chi connectivity index (χ4v) is 3.57. The van der Waals surface area contributed by atoms with Crippen LogP contribution in [0.1, 0.15) is 24.0 Å². The molecular formula is C21H24N2O2. The van der Waals surface area contributed by atoms with Crippen molar-refractivity contribution in [3.05, 3.63) is 71.9 Å².